The highest BCUT2D eigenvalue weighted by Gasteiger charge is 2.30. The number of rotatable bonds is 3. The fourth-order valence-electron chi connectivity index (χ4n) is 2.96. The molecule has 0 unspecified atom stereocenters. The highest BCUT2D eigenvalue weighted by molar-refractivity contribution is 7.13. The van der Waals surface area contributed by atoms with Gasteiger partial charge < -0.3 is 4.90 Å². The summed E-state index contributed by atoms with van der Waals surface area (Å²) in [5.74, 6) is 0.542. The first-order chi connectivity index (χ1) is 11.2. The third-order valence-electron chi connectivity index (χ3n) is 3.95. The molecule has 2 aromatic heterocycles. The van der Waals surface area contributed by atoms with Crippen LogP contribution in [0.4, 0.5) is 5.69 Å². The van der Waals surface area contributed by atoms with Gasteiger partial charge in [0.2, 0.25) is 5.82 Å². The Morgan fingerprint density at radius 3 is 3.00 bits per heavy atom. The summed E-state index contributed by atoms with van der Waals surface area (Å²) in [4.78, 5) is 16.8. The maximum atomic E-state index is 12.7. The molecule has 0 aliphatic carbocycles. The fourth-order valence-corrected chi connectivity index (χ4v) is 3.61. The van der Waals surface area contributed by atoms with Crippen LogP contribution in [0.5, 0.6) is 0 Å². The first kappa shape index (κ1) is 14.1. The molecule has 0 bridgehead atoms. The molecule has 4 rings (SSSR count). The lowest BCUT2D eigenvalue weighted by molar-refractivity contribution is -0.119. The maximum Gasteiger partial charge on any atom is 0.250 e. The summed E-state index contributed by atoms with van der Waals surface area (Å²) in [6.07, 6.45) is 0.882. The summed E-state index contributed by atoms with van der Waals surface area (Å²) in [5, 5.41) is 14.3. The molecular formula is C16H15N5OS. The van der Waals surface area contributed by atoms with Crippen molar-refractivity contribution in [3.8, 4) is 10.7 Å². The molecule has 0 N–H and O–H groups in total. The van der Waals surface area contributed by atoms with Crippen LogP contribution in [0.25, 0.3) is 10.7 Å². The van der Waals surface area contributed by atoms with Crippen LogP contribution in [0.1, 0.15) is 12.5 Å². The van der Waals surface area contributed by atoms with E-state index >= 15 is 0 Å². The lowest BCUT2D eigenvalue weighted by Crippen LogP contribution is -2.38. The van der Waals surface area contributed by atoms with E-state index < -0.39 is 0 Å². The minimum absolute atomic E-state index is 0.0161. The van der Waals surface area contributed by atoms with E-state index in [1.54, 1.807) is 11.3 Å². The molecule has 6 nitrogen and oxygen atoms in total. The minimum Gasteiger partial charge on any atom is -0.307 e. The second-order valence-corrected chi connectivity index (χ2v) is 6.51. The average molecular weight is 325 g/mol. The van der Waals surface area contributed by atoms with Crippen molar-refractivity contribution in [3.05, 3.63) is 47.3 Å². The zero-order valence-corrected chi connectivity index (χ0v) is 13.4. The molecular weight excluding hydrogens is 310 g/mol. The molecule has 0 spiro atoms. The van der Waals surface area contributed by atoms with Gasteiger partial charge in [-0.2, -0.15) is 4.80 Å². The highest BCUT2D eigenvalue weighted by atomic mass is 32.1. The predicted octanol–water partition coefficient (Wildman–Crippen LogP) is 2.38. The van der Waals surface area contributed by atoms with Gasteiger partial charge in [-0.1, -0.05) is 24.3 Å². The lowest BCUT2D eigenvalue weighted by atomic mass is 10.1. The van der Waals surface area contributed by atoms with Crippen molar-refractivity contribution in [1.29, 1.82) is 0 Å². The molecule has 1 atom stereocenters. The number of amides is 1. The number of nitrogens with zero attached hydrogens (tertiary/aromatic N) is 5. The van der Waals surface area contributed by atoms with Gasteiger partial charge >= 0.3 is 0 Å². The smallest absolute Gasteiger partial charge is 0.250 e. The maximum absolute atomic E-state index is 12.7. The van der Waals surface area contributed by atoms with E-state index in [0.717, 1.165) is 17.0 Å². The van der Waals surface area contributed by atoms with Crippen LogP contribution in [0.15, 0.2) is 41.8 Å². The first-order valence-corrected chi connectivity index (χ1v) is 8.32. The number of carbonyl (C=O) groups is 1. The van der Waals surface area contributed by atoms with Gasteiger partial charge in [-0.05, 0) is 41.6 Å². The van der Waals surface area contributed by atoms with Crippen molar-refractivity contribution in [2.75, 3.05) is 4.90 Å². The summed E-state index contributed by atoms with van der Waals surface area (Å²) in [6.45, 7) is 2.15. The summed E-state index contributed by atoms with van der Waals surface area (Å²) in [5.41, 5.74) is 2.20. The molecule has 116 valence electrons. The zero-order valence-electron chi connectivity index (χ0n) is 12.6. The van der Waals surface area contributed by atoms with E-state index in [9.17, 15) is 4.79 Å². The monoisotopic (exact) mass is 325 g/mol. The molecule has 1 amide bonds. The van der Waals surface area contributed by atoms with Crippen molar-refractivity contribution in [2.24, 2.45) is 0 Å². The van der Waals surface area contributed by atoms with Crippen molar-refractivity contribution >= 4 is 22.9 Å². The number of hydrogen-bond donors (Lipinski definition) is 0. The van der Waals surface area contributed by atoms with Gasteiger partial charge in [-0.15, -0.1) is 21.5 Å². The zero-order chi connectivity index (χ0) is 15.8. The van der Waals surface area contributed by atoms with Gasteiger partial charge in [0.1, 0.15) is 6.54 Å². The Morgan fingerprint density at radius 1 is 1.30 bits per heavy atom. The number of benzene rings is 1. The number of fused-ring (bicyclic) bond motifs is 1. The molecule has 1 aromatic carbocycles. The number of hydrogen-bond acceptors (Lipinski definition) is 5. The van der Waals surface area contributed by atoms with Crippen molar-refractivity contribution in [2.45, 2.75) is 25.9 Å². The number of para-hydroxylation sites is 1. The minimum atomic E-state index is -0.0161. The highest BCUT2D eigenvalue weighted by Crippen LogP contribution is 2.31. The fraction of sp³-hybridized carbons (Fsp3) is 0.250. The molecule has 0 radical (unpaired) electrons. The normalized spacial score (nSPS) is 16.6. The molecule has 3 aromatic rings. The number of tetrazole rings is 1. The van der Waals surface area contributed by atoms with Gasteiger partial charge in [0.15, 0.2) is 0 Å². The average Bonchev–Trinajstić information content (AvgIpc) is 3.25. The van der Waals surface area contributed by atoms with Gasteiger partial charge in [0.25, 0.3) is 5.91 Å². The second-order valence-electron chi connectivity index (χ2n) is 5.57. The number of thiophene rings is 1. The molecule has 0 fully saturated rings. The van der Waals surface area contributed by atoms with Crippen molar-refractivity contribution < 1.29 is 4.79 Å². The van der Waals surface area contributed by atoms with E-state index in [0.29, 0.717) is 5.82 Å². The van der Waals surface area contributed by atoms with Crippen LogP contribution < -0.4 is 4.90 Å². The molecule has 0 saturated heterocycles. The van der Waals surface area contributed by atoms with Crippen LogP contribution >= 0.6 is 11.3 Å². The second kappa shape index (κ2) is 5.58. The van der Waals surface area contributed by atoms with E-state index in [1.165, 1.54) is 10.4 Å². The van der Waals surface area contributed by atoms with E-state index in [1.807, 2.05) is 40.6 Å². The number of aromatic nitrogens is 4. The van der Waals surface area contributed by atoms with Gasteiger partial charge in [0, 0.05) is 11.7 Å². The van der Waals surface area contributed by atoms with E-state index in [-0.39, 0.29) is 18.5 Å². The molecule has 7 heteroatoms. The summed E-state index contributed by atoms with van der Waals surface area (Å²) in [6, 6.07) is 12.1. The Hall–Kier alpha value is -2.54. The Labute approximate surface area is 137 Å². The van der Waals surface area contributed by atoms with Crippen LogP contribution in [-0.2, 0) is 17.8 Å². The third-order valence-corrected chi connectivity index (χ3v) is 4.81. The van der Waals surface area contributed by atoms with Gasteiger partial charge in [-0.3, -0.25) is 4.79 Å². The van der Waals surface area contributed by atoms with Crippen LogP contribution in [0.2, 0.25) is 0 Å². The topological polar surface area (TPSA) is 63.9 Å². The summed E-state index contributed by atoms with van der Waals surface area (Å²) < 4.78 is 0. The Kier molecular flexibility index (Phi) is 3.42. The van der Waals surface area contributed by atoms with Crippen molar-refractivity contribution in [1.82, 2.24) is 20.2 Å². The SMILES string of the molecule is C[C@H]1Cc2ccccc2N1C(=O)Cn1nnc(-c2cccs2)n1. The summed E-state index contributed by atoms with van der Waals surface area (Å²) >= 11 is 1.55. The predicted molar refractivity (Wildman–Crippen MR) is 88.2 cm³/mol. The van der Waals surface area contributed by atoms with Gasteiger partial charge in [0.05, 0.1) is 4.88 Å². The van der Waals surface area contributed by atoms with Gasteiger partial charge in [-0.25, -0.2) is 0 Å². The van der Waals surface area contributed by atoms with E-state index in [4.69, 9.17) is 0 Å². The molecule has 0 saturated carbocycles. The number of carbonyl (C=O) groups excluding carboxylic acids is 1. The Bertz CT molecular complexity index is 842. The lowest BCUT2D eigenvalue weighted by Gasteiger charge is -2.22. The third kappa shape index (κ3) is 2.53. The standard InChI is InChI=1S/C16H15N5OS/c1-11-9-12-5-2-3-6-13(12)21(11)15(22)10-20-18-16(17-19-20)14-7-4-8-23-14/h2-8,11H,9-10H2,1H3/t11-/m0/s1. The largest absolute Gasteiger partial charge is 0.307 e. The molecule has 23 heavy (non-hydrogen) atoms. The van der Waals surface area contributed by atoms with Crippen LogP contribution in [0.3, 0.4) is 0 Å². The number of anilines is 1. The van der Waals surface area contributed by atoms with Crippen molar-refractivity contribution in [3.63, 3.8) is 0 Å². The van der Waals surface area contributed by atoms with Crippen LogP contribution in [0, 0.1) is 0 Å². The van der Waals surface area contributed by atoms with Crippen LogP contribution in [-0.4, -0.2) is 32.2 Å². The molecule has 1 aliphatic heterocycles. The quantitative estimate of drug-likeness (QED) is 0.742. The Morgan fingerprint density at radius 2 is 2.17 bits per heavy atom. The summed E-state index contributed by atoms with van der Waals surface area (Å²) in [7, 11) is 0. The molecule has 1 aliphatic rings. The Balaban J connectivity index is 1.55. The first-order valence-electron chi connectivity index (χ1n) is 7.44. The van der Waals surface area contributed by atoms with E-state index in [2.05, 4.69) is 28.4 Å². The molecule has 3 heterocycles.